The average molecular weight is 743 g/mol. The van der Waals surface area contributed by atoms with Crippen molar-refractivity contribution in [1.82, 2.24) is 30.6 Å². The third-order valence-electron chi connectivity index (χ3n) is 6.98. The number of benzene rings is 1. The van der Waals surface area contributed by atoms with Gasteiger partial charge in [0.1, 0.15) is 12.6 Å². The maximum Gasteiger partial charge on any atom is 0.326 e. The molecule has 0 aliphatic carbocycles. The van der Waals surface area contributed by atoms with E-state index >= 15 is 0 Å². The van der Waals surface area contributed by atoms with Gasteiger partial charge in [0, 0.05) is 24.2 Å². The molecular formula is C34H46N8O11. The van der Waals surface area contributed by atoms with Crippen molar-refractivity contribution in [2.45, 2.75) is 25.4 Å². The second kappa shape index (κ2) is 24.9. The summed E-state index contributed by atoms with van der Waals surface area (Å²) in [7, 11) is 0. The minimum absolute atomic E-state index is 0.0543. The van der Waals surface area contributed by atoms with Crippen LogP contribution in [0.1, 0.15) is 28.9 Å². The van der Waals surface area contributed by atoms with Crippen LogP contribution in [0.4, 0.5) is 11.6 Å². The SMILES string of the molecule is C#CCOCCOCCOCCOCCOCCOCCNC(=O)CC[C@@H](NC(=O)c1ccc(NCc2cnc3nc(N)[nH]c(=O)c3n2)cc1)C(=O)O. The Morgan fingerprint density at radius 3 is 2.04 bits per heavy atom. The molecule has 53 heavy (non-hydrogen) atoms. The Kier molecular flexibility index (Phi) is 19.8. The quantitative estimate of drug-likeness (QED) is 0.0413. The summed E-state index contributed by atoms with van der Waals surface area (Å²) in [4.78, 5) is 63.5. The summed E-state index contributed by atoms with van der Waals surface area (Å²) < 4.78 is 32.1. The fourth-order valence-corrected chi connectivity index (χ4v) is 4.34. The second-order valence-electron chi connectivity index (χ2n) is 11.0. The number of fused-ring (bicyclic) bond motifs is 1. The van der Waals surface area contributed by atoms with Crippen molar-refractivity contribution in [3.8, 4) is 12.3 Å². The summed E-state index contributed by atoms with van der Waals surface area (Å²) in [6, 6.07) is 5.03. The Bertz CT molecular complexity index is 1670. The molecular weight excluding hydrogens is 696 g/mol. The Balaban J connectivity index is 1.19. The van der Waals surface area contributed by atoms with Crippen LogP contribution in [0.5, 0.6) is 0 Å². The molecule has 19 heteroatoms. The van der Waals surface area contributed by atoms with Gasteiger partial charge in [-0.25, -0.2) is 14.8 Å². The number of amides is 2. The van der Waals surface area contributed by atoms with Crippen LogP contribution in [0.3, 0.4) is 0 Å². The van der Waals surface area contributed by atoms with Gasteiger partial charge in [-0.15, -0.1) is 6.42 Å². The zero-order valence-electron chi connectivity index (χ0n) is 29.3. The van der Waals surface area contributed by atoms with Gasteiger partial charge < -0.3 is 55.2 Å². The van der Waals surface area contributed by atoms with Crippen LogP contribution in [-0.4, -0.2) is 135 Å². The molecule has 1 aromatic carbocycles. The van der Waals surface area contributed by atoms with Crippen molar-refractivity contribution < 1.29 is 47.9 Å². The number of carboxylic acids is 1. The number of hydrogen-bond acceptors (Lipinski definition) is 15. The number of carbonyl (C=O) groups is 3. The molecule has 0 bridgehead atoms. The van der Waals surface area contributed by atoms with Gasteiger partial charge in [-0.2, -0.15) is 4.98 Å². The number of H-pyrrole nitrogens is 1. The van der Waals surface area contributed by atoms with E-state index in [1.54, 1.807) is 12.1 Å². The zero-order chi connectivity index (χ0) is 38.1. The first-order valence-electron chi connectivity index (χ1n) is 16.8. The van der Waals surface area contributed by atoms with E-state index in [4.69, 9.17) is 40.6 Å². The van der Waals surface area contributed by atoms with E-state index in [1.165, 1.54) is 18.3 Å². The van der Waals surface area contributed by atoms with E-state index in [2.05, 4.69) is 41.8 Å². The number of rotatable bonds is 28. The van der Waals surface area contributed by atoms with E-state index in [0.717, 1.165) is 0 Å². The van der Waals surface area contributed by atoms with Crippen LogP contribution in [0, 0.1) is 12.3 Å². The largest absolute Gasteiger partial charge is 0.480 e. The number of aromatic nitrogens is 4. The van der Waals surface area contributed by atoms with E-state index in [0.29, 0.717) is 77.5 Å². The second-order valence-corrected chi connectivity index (χ2v) is 11.0. The molecule has 19 nitrogen and oxygen atoms in total. The molecule has 3 aromatic rings. The molecule has 0 fully saturated rings. The standard InChI is InChI=1S/C34H46N8O11/c1-2-10-48-12-14-50-16-18-52-20-21-53-19-17-51-15-13-49-11-9-36-28(43)8-7-27(33(46)47)40-31(44)24-3-5-25(6-4-24)37-22-26-23-38-30-29(39-26)32(45)42-34(35)41-30/h1,3-6,23,27,37H,7-22H2,(H,36,43)(H,40,44)(H,46,47)(H3,35,38,41,42,45)/t27-/m1/s1. The monoisotopic (exact) mass is 742 g/mol. The third-order valence-corrected chi connectivity index (χ3v) is 6.98. The number of carbonyl (C=O) groups excluding carboxylic acids is 2. The van der Waals surface area contributed by atoms with Crippen molar-refractivity contribution in [3.63, 3.8) is 0 Å². The fraction of sp³-hybridized carbons (Fsp3) is 0.500. The lowest BCUT2D eigenvalue weighted by Gasteiger charge is -2.15. The predicted molar refractivity (Wildman–Crippen MR) is 191 cm³/mol. The lowest BCUT2D eigenvalue weighted by Crippen LogP contribution is -2.41. The van der Waals surface area contributed by atoms with E-state index in [1.807, 2.05) is 0 Å². The minimum atomic E-state index is -1.27. The van der Waals surface area contributed by atoms with Gasteiger partial charge in [0.25, 0.3) is 11.5 Å². The summed E-state index contributed by atoms with van der Waals surface area (Å²) in [5.74, 6) is 0.0769. The Morgan fingerprint density at radius 1 is 0.868 bits per heavy atom. The molecule has 3 rings (SSSR count). The first-order valence-corrected chi connectivity index (χ1v) is 16.8. The van der Waals surface area contributed by atoms with E-state index < -0.39 is 23.5 Å². The van der Waals surface area contributed by atoms with Crippen molar-refractivity contribution in [2.75, 3.05) is 96.9 Å². The molecule has 1 atom stereocenters. The van der Waals surface area contributed by atoms with Gasteiger partial charge in [0.2, 0.25) is 11.9 Å². The van der Waals surface area contributed by atoms with Crippen molar-refractivity contribution in [2.24, 2.45) is 0 Å². The van der Waals surface area contributed by atoms with Gasteiger partial charge in [0.05, 0.1) is 91.1 Å². The van der Waals surface area contributed by atoms with Crippen LogP contribution in [0.15, 0.2) is 35.3 Å². The molecule has 0 saturated carbocycles. The Labute approximate surface area is 305 Å². The summed E-state index contributed by atoms with van der Waals surface area (Å²) in [5, 5.41) is 17.8. The fourth-order valence-electron chi connectivity index (χ4n) is 4.34. The molecule has 0 saturated heterocycles. The summed E-state index contributed by atoms with van der Waals surface area (Å²) >= 11 is 0. The van der Waals surface area contributed by atoms with Crippen molar-refractivity contribution >= 4 is 40.6 Å². The van der Waals surface area contributed by atoms with Crippen LogP contribution in [-0.2, 0) is 44.6 Å². The summed E-state index contributed by atoms with van der Waals surface area (Å²) in [5.41, 5.74) is 6.54. The molecule has 0 spiro atoms. The highest BCUT2D eigenvalue weighted by Crippen LogP contribution is 2.12. The highest BCUT2D eigenvalue weighted by atomic mass is 16.6. The number of terminal acetylenes is 1. The smallest absolute Gasteiger partial charge is 0.326 e. The number of carboxylic acid groups (broad SMARTS) is 1. The van der Waals surface area contributed by atoms with Gasteiger partial charge in [0.15, 0.2) is 11.2 Å². The number of aliphatic carboxylic acids is 1. The summed E-state index contributed by atoms with van der Waals surface area (Å²) in [6.45, 7) is 5.18. The lowest BCUT2D eigenvalue weighted by atomic mass is 10.1. The Morgan fingerprint density at radius 2 is 1.45 bits per heavy atom. The molecule has 7 N–H and O–H groups in total. The number of aromatic amines is 1. The molecule has 0 aliphatic heterocycles. The Hall–Kier alpha value is -5.23. The number of nitrogens with two attached hydrogens (primary N) is 1. The van der Waals surface area contributed by atoms with Crippen LogP contribution in [0.2, 0.25) is 0 Å². The van der Waals surface area contributed by atoms with Gasteiger partial charge in [-0.3, -0.25) is 19.4 Å². The molecule has 2 heterocycles. The number of nitrogens with zero attached hydrogens (tertiary/aromatic N) is 3. The van der Waals surface area contributed by atoms with E-state index in [-0.39, 0.29) is 67.7 Å². The van der Waals surface area contributed by atoms with Gasteiger partial charge in [-0.05, 0) is 30.7 Å². The van der Waals surface area contributed by atoms with Gasteiger partial charge in [-0.1, -0.05) is 5.92 Å². The molecule has 0 unspecified atom stereocenters. The zero-order valence-corrected chi connectivity index (χ0v) is 29.3. The first-order chi connectivity index (χ1) is 25.8. The number of hydrogen-bond donors (Lipinski definition) is 6. The van der Waals surface area contributed by atoms with Crippen LogP contribution in [0.25, 0.3) is 11.2 Å². The number of ether oxygens (including phenoxy) is 6. The van der Waals surface area contributed by atoms with Crippen molar-refractivity contribution in [3.05, 3.63) is 52.1 Å². The highest BCUT2D eigenvalue weighted by molar-refractivity contribution is 5.97. The normalized spacial score (nSPS) is 11.5. The predicted octanol–water partition coefficient (Wildman–Crippen LogP) is -0.280. The number of nitrogen functional groups attached to an aromatic ring is 1. The number of nitrogens with one attached hydrogen (secondary N) is 4. The first kappa shape index (κ1) is 42.2. The number of anilines is 2. The van der Waals surface area contributed by atoms with Crippen LogP contribution < -0.4 is 27.2 Å². The average Bonchev–Trinajstić information content (AvgIpc) is 3.14. The molecule has 2 aromatic heterocycles. The lowest BCUT2D eigenvalue weighted by molar-refractivity contribution is -0.139. The molecule has 288 valence electrons. The third kappa shape index (κ3) is 17.2. The van der Waals surface area contributed by atoms with Crippen LogP contribution >= 0.6 is 0 Å². The molecule has 0 radical (unpaired) electrons. The topological polar surface area (TPSA) is 260 Å². The molecule has 2 amide bonds. The molecule has 0 aliphatic rings. The summed E-state index contributed by atoms with van der Waals surface area (Å²) in [6.07, 6.45) is 6.32. The maximum atomic E-state index is 12.7. The van der Waals surface area contributed by atoms with Gasteiger partial charge >= 0.3 is 5.97 Å². The van der Waals surface area contributed by atoms with E-state index in [9.17, 15) is 24.3 Å². The maximum absolute atomic E-state index is 12.7. The highest BCUT2D eigenvalue weighted by Gasteiger charge is 2.22. The minimum Gasteiger partial charge on any atom is -0.480 e. The van der Waals surface area contributed by atoms with Crippen molar-refractivity contribution in [1.29, 1.82) is 0 Å².